The largest absolute Gasteiger partial charge is 0.378 e. The number of ether oxygens (including phenoxy) is 1. The summed E-state index contributed by atoms with van der Waals surface area (Å²) in [7, 11) is 0. The Kier molecular flexibility index (Phi) is 4.72. The van der Waals surface area contributed by atoms with Gasteiger partial charge in [-0.2, -0.15) is 4.98 Å². The van der Waals surface area contributed by atoms with E-state index in [1.165, 1.54) is 19.8 Å². The third kappa shape index (κ3) is 4.30. The van der Waals surface area contributed by atoms with E-state index in [4.69, 9.17) is 4.74 Å². The summed E-state index contributed by atoms with van der Waals surface area (Å²) in [6.07, 6.45) is 3.08. The summed E-state index contributed by atoms with van der Waals surface area (Å²) >= 11 is 0. The predicted molar refractivity (Wildman–Crippen MR) is 84.1 cm³/mol. The highest BCUT2D eigenvalue weighted by atomic mass is 16.5. The van der Waals surface area contributed by atoms with Gasteiger partial charge in [0.25, 0.3) is 0 Å². The Morgan fingerprint density at radius 1 is 1.36 bits per heavy atom. The summed E-state index contributed by atoms with van der Waals surface area (Å²) in [5, 5.41) is 6.18. The number of carbonyl (C=O) groups is 1. The minimum absolute atomic E-state index is 0.0150. The summed E-state index contributed by atoms with van der Waals surface area (Å²) in [6.45, 7) is 5.29. The molecule has 0 spiro atoms. The normalized spacial score (nSPS) is 18.1. The van der Waals surface area contributed by atoms with Crippen LogP contribution in [0.4, 0.5) is 11.8 Å². The number of morpholine rings is 1. The quantitative estimate of drug-likeness (QED) is 0.800. The number of aromatic nitrogens is 2. The highest BCUT2D eigenvalue weighted by Gasteiger charge is 2.23. The van der Waals surface area contributed by atoms with Crippen molar-refractivity contribution in [2.45, 2.75) is 32.2 Å². The molecule has 22 heavy (non-hydrogen) atoms. The van der Waals surface area contributed by atoms with Crippen molar-refractivity contribution in [3.8, 4) is 0 Å². The molecule has 0 atom stereocenters. The topological polar surface area (TPSA) is 79.4 Å². The fraction of sp³-hybridized carbons (Fsp3) is 0.667. The fourth-order valence-electron chi connectivity index (χ4n) is 2.41. The smallest absolute Gasteiger partial charge is 0.225 e. The molecule has 3 rings (SSSR count). The summed E-state index contributed by atoms with van der Waals surface area (Å²) < 4.78 is 5.40. The summed E-state index contributed by atoms with van der Waals surface area (Å²) in [4.78, 5) is 22.4. The first-order chi connectivity index (χ1) is 10.7. The Morgan fingerprint density at radius 3 is 2.82 bits per heavy atom. The molecular weight excluding hydrogens is 282 g/mol. The second-order valence-corrected chi connectivity index (χ2v) is 5.79. The minimum atomic E-state index is -0.0150. The molecular formula is C15H23N5O2. The second-order valence-electron chi connectivity index (χ2n) is 5.79. The van der Waals surface area contributed by atoms with Crippen molar-refractivity contribution in [3.63, 3.8) is 0 Å². The predicted octanol–water partition coefficient (Wildman–Crippen LogP) is 0.566. The Balaban J connectivity index is 1.72. The molecule has 1 aromatic rings. The SMILES string of the molecule is CC(=O)NCCc1cc(N2CCOCC2)nc(NC2CC2)n1. The van der Waals surface area contributed by atoms with Gasteiger partial charge < -0.3 is 20.3 Å². The number of nitrogens with one attached hydrogen (secondary N) is 2. The van der Waals surface area contributed by atoms with Crippen LogP contribution in [0.15, 0.2) is 6.07 Å². The summed E-state index contributed by atoms with van der Waals surface area (Å²) in [5.74, 6) is 1.63. The molecule has 1 amide bonds. The summed E-state index contributed by atoms with van der Waals surface area (Å²) in [6, 6.07) is 2.54. The maximum Gasteiger partial charge on any atom is 0.225 e. The number of nitrogens with zero attached hydrogens (tertiary/aromatic N) is 3. The molecule has 7 nitrogen and oxygen atoms in total. The number of hydrogen-bond acceptors (Lipinski definition) is 6. The van der Waals surface area contributed by atoms with Crippen molar-refractivity contribution >= 4 is 17.7 Å². The lowest BCUT2D eigenvalue weighted by molar-refractivity contribution is -0.118. The van der Waals surface area contributed by atoms with Crippen LogP contribution in [-0.2, 0) is 16.0 Å². The van der Waals surface area contributed by atoms with Crippen LogP contribution in [-0.4, -0.2) is 54.8 Å². The van der Waals surface area contributed by atoms with Gasteiger partial charge in [0.2, 0.25) is 11.9 Å². The Hall–Kier alpha value is -1.89. The van der Waals surface area contributed by atoms with E-state index in [-0.39, 0.29) is 5.91 Å². The number of rotatable bonds is 6. The van der Waals surface area contributed by atoms with E-state index in [9.17, 15) is 4.79 Å². The van der Waals surface area contributed by atoms with Crippen molar-refractivity contribution in [2.75, 3.05) is 43.1 Å². The molecule has 1 aromatic heterocycles. The van der Waals surface area contributed by atoms with E-state index < -0.39 is 0 Å². The van der Waals surface area contributed by atoms with Crippen LogP contribution in [0, 0.1) is 0 Å². The number of hydrogen-bond donors (Lipinski definition) is 2. The molecule has 1 saturated carbocycles. The Morgan fingerprint density at radius 2 is 2.14 bits per heavy atom. The molecule has 7 heteroatoms. The Labute approximate surface area is 130 Å². The zero-order valence-electron chi connectivity index (χ0n) is 13.0. The van der Waals surface area contributed by atoms with Crippen molar-refractivity contribution in [1.29, 1.82) is 0 Å². The highest BCUT2D eigenvalue weighted by Crippen LogP contribution is 2.24. The number of anilines is 2. The van der Waals surface area contributed by atoms with E-state index in [1.807, 2.05) is 6.07 Å². The van der Waals surface area contributed by atoms with E-state index >= 15 is 0 Å². The second kappa shape index (κ2) is 6.91. The van der Waals surface area contributed by atoms with Gasteiger partial charge in [-0.3, -0.25) is 4.79 Å². The lowest BCUT2D eigenvalue weighted by Crippen LogP contribution is -2.37. The molecule has 0 unspecified atom stereocenters. The van der Waals surface area contributed by atoms with Crippen LogP contribution >= 0.6 is 0 Å². The molecule has 0 aromatic carbocycles. The highest BCUT2D eigenvalue weighted by molar-refractivity contribution is 5.72. The zero-order chi connectivity index (χ0) is 15.4. The molecule has 0 bridgehead atoms. The van der Waals surface area contributed by atoms with Gasteiger partial charge in [-0.25, -0.2) is 4.98 Å². The molecule has 2 N–H and O–H groups in total. The molecule has 2 heterocycles. The zero-order valence-corrected chi connectivity index (χ0v) is 13.0. The van der Waals surface area contributed by atoms with Gasteiger partial charge in [-0.05, 0) is 12.8 Å². The molecule has 1 aliphatic heterocycles. The standard InChI is InChI=1S/C15H23N5O2/c1-11(21)16-5-4-13-10-14(20-6-8-22-9-7-20)19-15(18-13)17-12-2-3-12/h10,12H,2-9H2,1H3,(H,16,21)(H,17,18,19). The maximum atomic E-state index is 11.0. The van der Waals surface area contributed by atoms with Crippen LogP contribution < -0.4 is 15.5 Å². The average molecular weight is 305 g/mol. The monoisotopic (exact) mass is 305 g/mol. The molecule has 1 aliphatic carbocycles. The third-order valence-corrected chi connectivity index (χ3v) is 3.77. The van der Waals surface area contributed by atoms with Gasteiger partial charge in [0, 0.05) is 50.8 Å². The van der Waals surface area contributed by atoms with Gasteiger partial charge in [0.05, 0.1) is 13.2 Å². The average Bonchev–Trinajstić information content (AvgIpc) is 3.31. The lowest BCUT2D eigenvalue weighted by Gasteiger charge is -2.28. The van der Waals surface area contributed by atoms with Crippen LogP contribution in [0.2, 0.25) is 0 Å². The summed E-state index contributed by atoms with van der Waals surface area (Å²) in [5.41, 5.74) is 0.952. The van der Waals surface area contributed by atoms with E-state index in [2.05, 4.69) is 25.5 Å². The minimum Gasteiger partial charge on any atom is -0.378 e. The van der Waals surface area contributed by atoms with Gasteiger partial charge >= 0.3 is 0 Å². The third-order valence-electron chi connectivity index (χ3n) is 3.77. The number of amides is 1. The van der Waals surface area contributed by atoms with Gasteiger partial charge in [0.1, 0.15) is 5.82 Å². The van der Waals surface area contributed by atoms with Crippen molar-refractivity contribution in [3.05, 3.63) is 11.8 Å². The van der Waals surface area contributed by atoms with Gasteiger partial charge in [-0.15, -0.1) is 0 Å². The number of carbonyl (C=O) groups excluding carboxylic acids is 1. The van der Waals surface area contributed by atoms with Crippen molar-refractivity contribution in [2.24, 2.45) is 0 Å². The molecule has 1 saturated heterocycles. The maximum absolute atomic E-state index is 11.0. The van der Waals surface area contributed by atoms with E-state index in [0.717, 1.165) is 37.8 Å². The van der Waals surface area contributed by atoms with E-state index in [0.29, 0.717) is 25.0 Å². The molecule has 0 radical (unpaired) electrons. The van der Waals surface area contributed by atoms with Crippen LogP contribution in [0.1, 0.15) is 25.5 Å². The van der Waals surface area contributed by atoms with E-state index in [1.54, 1.807) is 0 Å². The van der Waals surface area contributed by atoms with Crippen molar-refractivity contribution < 1.29 is 9.53 Å². The van der Waals surface area contributed by atoms with Crippen molar-refractivity contribution in [1.82, 2.24) is 15.3 Å². The Bertz CT molecular complexity index is 527. The fourth-order valence-corrected chi connectivity index (χ4v) is 2.41. The van der Waals surface area contributed by atoms with Gasteiger partial charge in [-0.1, -0.05) is 0 Å². The van der Waals surface area contributed by atoms with Gasteiger partial charge in [0.15, 0.2) is 0 Å². The van der Waals surface area contributed by atoms with Crippen LogP contribution in [0.5, 0.6) is 0 Å². The molecule has 120 valence electrons. The van der Waals surface area contributed by atoms with Crippen LogP contribution in [0.3, 0.4) is 0 Å². The first kappa shape index (κ1) is 15.0. The molecule has 2 aliphatic rings. The lowest BCUT2D eigenvalue weighted by atomic mass is 10.2. The first-order valence-corrected chi connectivity index (χ1v) is 7.92. The first-order valence-electron chi connectivity index (χ1n) is 7.92. The molecule has 2 fully saturated rings. The van der Waals surface area contributed by atoms with Crippen LogP contribution in [0.25, 0.3) is 0 Å².